The minimum absolute atomic E-state index is 0.279. The lowest BCUT2D eigenvalue weighted by Gasteiger charge is -2.30. The molecule has 4 nitrogen and oxygen atoms in total. The van der Waals surface area contributed by atoms with Gasteiger partial charge in [-0.15, -0.1) is 0 Å². The van der Waals surface area contributed by atoms with E-state index >= 15 is 0 Å². The Kier molecular flexibility index (Phi) is 5.43. The molecule has 0 amide bonds. The lowest BCUT2D eigenvalue weighted by Crippen LogP contribution is -2.36. The molecule has 5 heteroatoms. The van der Waals surface area contributed by atoms with Crippen molar-refractivity contribution in [1.82, 2.24) is 4.90 Å². The van der Waals surface area contributed by atoms with Crippen LogP contribution in [0.1, 0.15) is 30.1 Å². The van der Waals surface area contributed by atoms with Gasteiger partial charge in [-0.05, 0) is 74.0 Å². The zero-order valence-electron chi connectivity index (χ0n) is 12.0. The van der Waals surface area contributed by atoms with Crippen LogP contribution in [0, 0.1) is 0 Å². The van der Waals surface area contributed by atoms with Crippen LogP contribution in [-0.2, 0) is 4.74 Å². The molecule has 0 bridgehead atoms. The monoisotopic (exact) mass is 340 g/mol. The molecule has 1 aliphatic heterocycles. The summed E-state index contributed by atoms with van der Waals surface area (Å²) < 4.78 is 5.90. The predicted molar refractivity (Wildman–Crippen MR) is 84.2 cm³/mol. The standard InChI is InChI=1S/C15H21BrN2O2/c1-3-20-15(19)11-4-5-14(13(16)10-11)17-12-6-8-18(2)9-7-12/h4-5,10,12,17H,3,6-9H2,1-2H3. The number of rotatable bonds is 4. The number of esters is 1. The number of carbonyl (C=O) groups excluding carboxylic acids is 1. The molecule has 2 rings (SSSR count). The van der Waals surface area contributed by atoms with E-state index in [1.165, 1.54) is 0 Å². The topological polar surface area (TPSA) is 41.6 Å². The SMILES string of the molecule is CCOC(=O)c1ccc(NC2CCN(C)CC2)c(Br)c1. The van der Waals surface area contributed by atoms with Crippen LogP contribution in [-0.4, -0.2) is 43.7 Å². The largest absolute Gasteiger partial charge is 0.462 e. The van der Waals surface area contributed by atoms with Gasteiger partial charge in [0, 0.05) is 16.2 Å². The third kappa shape index (κ3) is 3.96. The van der Waals surface area contributed by atoms with Crippen molar-refractivity contribution in [1.29, 1.82) is 0 Å². The highest BCUT2D eigenvalue weighted by molar-refractivity contribution is 9.10. The second-order valence-electron chi connectivity index (χ2n) is 5.14. The number of nitrogens with one attached hydrogen (secondary N) is 1. The van der Waals surface area contributed by atoms with E-state index < -0.39 is 0 Å². The highest BCUT2D eigenvalue weighted by atomic mass is 79.9. The van der Waals surface area contributed by atoms with Crippen LogP contribution in [0.15, 0.2) is 22.7 Å². The molecule has 0 aliphatic carbocycles. The number of likely N-dealkylation sites (tertiary alicyclic amines) is 1. The van der Waals surface area contributed by atoms with Crippen LogP contribution in [0.25, 0.3) is 0 Å². The number of nitrogens with zero attached hydrogens (tertiary/aromatic N) is 1. The maximum Gasteiger partial charge on any atom is 0.338 e. The average molecular weight is 341 g/mol. The van der Waals surface area contributed by atoms with Gasteiger partial charge in [0.25, 0.3) is 0 Å². The van der Waals surface area contributed by atoms with E-state index in [9.17, 15) is 4.79 Å². The smallest absolute Gasteiger partial charge is 0.338 e. The highest BCUT2D eigenvalue weighted by Gasteiger charge is 2.17. The lowest BCUT2D eigenvalue weighted by molar-refractivity contribution is 0.0526. The molecule has 110 valence electrons. The van der Waals surface area contributed by atoms with Crippen LogP contribution < -0.4 is 5.32 Å². The minimum Gasteiger partial charge on any atom is -0.462 e. The van der Waals surface area contributed by atoms with Gasteiger partial charge in [0.1, 0.15) is 0 Å². The third-order valence-corrected chi connectivity index (χ3v) is 4.21. The molecule has 1 aliphatic rings. The van der Waals surface area contributed by atoms with E-state index in [1.54, 1.807) is 6.07 Å². The first kappa shape index (κ1) is 15.3. The number of piperidine rings is 1. The van der Waals surface area contributed by atoms with Gasteiger partial charge in [-0.1, -0.05) is 0 Å². The van der Waals surface area contributed by atoms with Crippen molar-refractivity contribution in [3.8, 4) is 0 Å². The van der Waals surface area contributed by atoms with Crippen LogP contribution in [0.2, 0.25) is 0 Å². The van der Waals surface area contributed by atoms with Crippen molar-refractivity contribution < 1.29 is 9.53 Å². The quantitative estimate of drug-likeness (QED) is 0.855. The van der Waals surface area contributed by atoms with Crippen molar-refractivity contribution >= 4 is 27.6 Å². The zero-order chi connectivity index (χ0) is 14.5. The summed E-state index contributed by atoms with van der Waals surface area (Å²) in [6.45, 7) is 4.45. The molecule has 1 aromatic carbocycles. The van der Waals surface area contributed by atoms with Gasteiger partial charge >= 0.3 is 5.97 Å². The normalized spacial score (nSPS) is 16.9. The van der Waals surface area contributed by atoms with Gasteiger partial charge in [0.15, 0.2) is 0 Å². The predicted octanol–water partition coefficient (Wildman–Crippen LogP) is 3.13. The zero-order valence-corrected chi connectivity index (χ0v) is 13.6. The summed E-state index contributed by atoms with van der Waals surface area (Å²) in [5.74, 6) is -0.279. The fraction of sp³-hybridized carbons (Fsp3) is 0.533. The Morgan fingerprint density at radius 3 is 2.75 bits per heavy atom. The Balaban J connectivity index is 2.00. The van der Waals surface area contributed by atoms with Crippen molar-refractivity contribution in [2.45, 2.75) is 25.8 Å². The second kappa shape index (κ2) is 7.09. The van der Waals surface area contributed by atoms with Crippen molar-refractivity contribution in [3.63, 3.8) is 0 Å². The van der Waals surface area contributed by atoms with E-state index in [4.69, 9.17) is 4.74 Å². The summed E-state index contributed by atoms with van der Waals surface area (Å²) >= 11 is 3.52. The lowest BCUT2D eigenvalue weighted by atomic mass is 10.0. The summed E-state index contributed by atoms with van der Waals surface area (Å²) in [5, 5.41) is 3.54. The molecule has 1 fully saturated rings. The number of hydrogen-bond acceptors (Lipinski definition) is 4. The molecule has 0 aromatic heterocycles. The van der Waals surface area contributed by atoms with Gasteiger partial charge in [0.2, 0.25) is 0 Å². The Bertz CT molecular complexity index is 471. The number of halogens is 1. The minimum atomic E-state index is -0.279. The van der Waals surface area contributed by atoms with Crippen LogP contribution in [0.3, 0.4) is 0 Å². The Morgan fingerprint density at radius 1 is 1.45 bits per heavy atom. The van der Waals surface area contributed by atoms with Crippen LogP contribution in [0.5, 0.6) is 0 Å². The van der Waals surface area contributed by atoms with Gasteiger partial charge in [-0.25, -0.2) is 4.79 Å². The Morgan fingerprint density at radius 2 is 2.15 bits per heavy atom. The molecule has 1 saturated heterocycles. The Labute approximate surface area is 128 Å². The number of carbonyl (C=O) groups is 1. The molecule has 1 N–H and O–H groups in total. The first-order valence-electron chi connectivity index (χ1n) is 7.02. The van der Waals surface area contributed by atoms with Gasteiger partial charge < -0.3 is 15.0 Å². The molecule has 0 atom stereocenters. The molecule has 0 radical (unpaired) electrons. The van der Waals surface area contributed by atoms with Crippen molar-refractivity contribution in [3.05, 3.63) is 28.2 Å². The first-order chi connectivity index (χ1) is 9.60. The second-order valence-corrected chi connectivity index (χ2v) is 5.99. The molecule has 0 spiro atoms. The van der Waals surface area contributed by atoms with Crippen molar-refractivity contribution in [2.75, 3.05) is 32.1 Å². The molecule has 0 saturated carbocycles. The first-order valence-corrected chi connectivity index (χ1v) is 7.81. The number of anilines is 1. The molecular weight excluding hydrogens is 320 g/mol. The number of hydrogen-bond donors (Lipinski definition) is 1. The molecular formula is C15H21BrN2O2. The number of ether oxygens (including phenoxy) is 1. The van der Waals surface area contributed by atoms with Crippen LogP contribution >= 0.6 is 15.9 Å². The summed E-state index contributed by atoms with van der Waals surface area (Å²) in [5.41, 5.74) is 1.61. The number of benzene rings is 1. The molecule has 1 aromatic rings. The van der Waals surface area contributed by atoms with E-state index in [2.05, 4.69) is 33.2 Å². The fourth-order valence-electron chi connectivity index (χ4n) is 2.35. The summed E-state index contributed by atoms with van der Waals surface area (Å²) in [6, 6.07) is 6.06. The van der Waals surface area contributed by atoms with E-state index in [0.29, 0.717) is 18.2 Å². The summed E-state index contributed by atoms with van der Waals surface area (Å²) in [7, 11) is 2.15. The average Bonchev–Trinajstić information content (AvgIpc) is 2.43. The summed E-state index contributed by atoms with van der Waals surface area (Å²) in [4.78, 5) is 14.0. The maximum atomic E-state index is 11.7. The molecule has 20 heavy (non-hydrogen) atoms. The maximum absolute atomic E-state index is 11.7. The molecule has 1 heterocycles. The third-order valence-electron chi connectivity index (χ3n) is 3.56. The van der Waals surface area contributed by atoms with E-state index in [0.717, 1.165) is 36.1 Å². The van der Waals surface area contributed by atoms with Crippen molar-refractivity contribution in [2.24, 2.45) is 0 Å². The van der Waals surface area contributed by atoms with Crippen LogP contribution in [0.4, 0.5) is 5.69 Å². The van der Waals surface area contributed by atoms with Gasteiger partial charge in [-0.3, -0.25) is 0 Å². The van der Waals surface area contributed by atoms with E-state index in [1.807, 2.05) is 19.1 Å². The van der Waals surface area contributed by atoms with Gasteiger partial charge in [0.05, 0.1) is 12.2 Å². The Hall–Kier alpha value is -1.07. The fourth-order valence-corrected chi connectivity index (χ4v) is 2.84. The summed E-state index contributed by atoms with van der Waals surface area (Å²) in [6.07, 6.45) is 2.28. The van der Waals surface area contributed by atoms with Gasteiger partial charge in [-0.2, -0.15) is 0 Å². The molecule has 0 unspecified atom stereocenters. The highest BCUT2D eigenvalue weighted by Crippen LogP contribution is 2.26. The van der Waals surface area contributed by atoms with E-state index in [-0.39, 0.29) is 5.97 Å².